The number of hydrogen-bond donors (Lipinski definition) is 0. The Hall–Kier alpha value is -1.73. The highest BCUT2D eigenvalue weighted by Gasteiger charge is 2.21. The molecule has 22 heavy (non-hydrogen) atoms. The molecule has 3 heterocycles. The smallest absolute Gasteiger partial charge is 0.274 e. The number of carbonyl (C=O) groups is 1. The van der Waals surface area contributed by atoms with Gasteiger partial charge in [0, 0.05) is 39.3 Å². The highest BCUT2D eigenvalue weighted by molar-refractivity contribution is 5.92. The second-order valence-corrected chi connectivity index (χ2v) is 5.59. The number of rotatable bonds is 3. The summed E-state index contributed by atoms with van der Waals surface area (Å²) in [5.74, 6) is 0.799. The molecule has 0 atom stereocenters. The van der Waals surface area contributed by atoms with Gasteiger partial charge in [-0.05, 0) is 6.54 Å². The lowest BCUT2D eigenvalue weighted by molar-refractivity contribution is 0.0298. The zero-order valence-corrected chi connectivity index (χ0v) is 13.1. The minimum Gasteiger partial charge on any atom is -0.378 e. The van der Waals surface area contributed by atoms with E-state index in [2.05, 4.69) is 26.7 Å². The summed E-state index contributed by atoms with van der Waals surface area (Å²) in [5.41, 5.74) is 0.415. The van der Waals surface area contributed by atoms with Gasteiger partial charge in [-0.3, -0.25) is 4.79 Å². The third kappa shape index (κ3) is 3.36. The summed E-state index contributed by atoms with van der Waals surface area (Å²) in [6, 6.07) is 0. The van der Waals surface area contributed by atoms with Crippen LogP contribution in [-0.2, 0) is 4.74 Å². The molecule has 2 fully saturated rings. The fourth-order valence-corrected chi connectivity index (χ4v) is 2.82. The van der Waals surface area contributed by atoms with Gasteiger partial charge in [0.05, 0.1) is 25.6 Å². The van der Waals surface area contributed by atoms with Crippen molar-refractivity contribution in [2.24, 2.45) is 0 Å². The van der Waals surface area contributed by atoms with Crippen molar-refractivity contribution in [2.45, 2.75) is 6.92 Å². The highest BCUT2D eigenvalue weighted by atomic mass is 16.5. The molecule has 0 radical (unpaired) electrons. The zero-order chi connectivity index (χ0) is 15.4. The minimum atomic E-state index is -0.0573. The number of nitrogens with zero attached hydrogens (tertiary/aromatic N) is 5. The molecular formula is C15H23N5O2. The molecule has 7 nitrogen and oxygen atoms in total. The molecule has 7 heteroatoms. The highest BCUT2D eigenvalue weighted by Crippen LogP contribution is 2.13. The number of morpholine rings is 1. The first-order valence-corrected chi connectivity index (χ1v) is 7.94. The van der Waals surface area contributed by atoms with Crippen LogP contribution in [0.25, 0.3) is 0 Å². The lowest BCUT2D eigenvalue weighted by atomic mass is 10.3. The van der Waals surface area contributed by atoms with Crippen molar-refractivity contribution in [2.75, 3.05) is 63.9 Å². The van der Waals surface area contributed by atoms with Crippen LogP contribution in [0.2, 0.25) is 0 Å². The summed E-state index contributed by atoms with van der Waals surface area (Å²) in [4.78, 5) is 27.5. The van der Waals surface area contributed by atoms with Gasteiger partial charge in [0.1, 0.15) is 11.5 Å². The molecule has 0 spiro atoms. The molecule has 0 saturated carbocycles. The summed E-state index contributed by atoms with van der Waals surface area (Å²) < 4.78 is 5.26. The fraction of sp³-hybridized carbons (Fsp3) is 0.667. The zero-order valence-electron chi connectivity index (χ0n) is 13.1. The van der Waals surface area contributed by atoms with Crippen molar-refractivity contribution in [3.05, 3.63) is 18.1 Å². The maximum Gasteiger partial charge on any atom is 0.274 e. The molecule has 2 aliphatic rings. The van der Waals surface area contributed by atoms with Crippen LogP contribution < -0.4 is 4.90 Å². The van der Waals surface area contributed by atoms with E-state index >= 15 is 0 Å². The summed E-state index contributed by atoms with van der Waals surface area (Å²) in [6.07, 6.45) is 3.31. The van der Waals surface area contributed by atoms with E-state index in [0.717, 1.165) is 38.5 Å². The van der Waals surface area contributed by atoms with Crippen LogP contribution in [0.15, 0.2) is 12.4 Å². The van der Waals surface area contributed by atoms with E-state index in [4.69, 9.17) is 4.74 Å². The normalized spacial score (nSPS) is 20.2. The van der Waals surface area contributed by atoms with Gasteiger partial charge in [-0.15, -0.1) is 0 Å². The van der Waals surface area contributed by atoms with E-state index in [0.29, 0.717) is 32.0 Å². The van der Waals surface area contributed by atoms with Crippen LogP contribution in [0.5, 0.6) is 0 Å². The molecule has 3 rings (SSSR count). The number of aromatic nitrogens is 2. The van der Waals surface area contributed by atoms with Gasteiger partial charge in [-0.2, -0.15) is 0 Å². The molecular weight excluding hydrogens is 282 g/mol. The van der Waals surface area contributed by atoms with Gasteiger partial charge in [0.25, 0.3) is 5.91 Å². The third-order valence-corrected chi connectivity index (χ3v) is 4.30. The largest absolute Gasteiger partial charge is 0.378 e. The molecule has 0 unspecified atom stereocenters. The Morgan fingerprint density at radius 3 is 2.41 bits per heavy atom. The average Bonchev–Trinajstić information content (AvgIpc) is 2.62. The molecule has 0 N–H and O–H groups in total. The van der Waals surface area contributed by atoms with Crippen LogP contribution in [0.1, 0.15) is 17.4 Å². The molecule has 1 aromatic rings. The van der Waals surface area contributed by atoms with E-state index in [1.807, 2.05) is 0 Å². The molecule has 1 aromatic heterocycles. The standard InChI is InChI=1S/C15H23N5O2/c1-2-18-3-5-19(6-4-18)14-12-16-13(11-17-14)15(21)20-7-9-22-10-8-20/h11-12H,2-10H2,1H3. The Kier molecular flexibility index (Phi) is 4.84. The maximum absolute atomic E-state index is 12.3. The van der Waals surface area contributed by atoms with Crippen LogP contribution in [0, 0.1) is 0 Å². The summed E-state index contributed by atoms with van der Waals surface area (Å²) in [6.45, 7) is 9.73. The molecule has 1 amide bonds. The molecule has 120 valence electrons. The van der Waals surface area contributed by atoms with Gasteiger partial charge in [0.2, 0.25) is 0 Å². The van der Waals surface area contributed by atoms with Crippen LogP contribution in [0.3, 0.4) is 0 Å². The topological polar surface area (TPSA) is 61.8 Å². The van der Waals surface area contributed by atoms with Gasteiger partial charge in [-0.25, -0.2) is 9.97 Å². The number of amides is 1. The quantitative estimate of drug-likeness (QED) is 0.789. The molecule has 0 bridgehead atoms. The van der Waals surface area contributed by atoms with E-state index < -0.39 is 0 Å². The van der Waals surface area contributed by atoms with Crippen LogP contribution >= 0.6 is 0 Å². The molecule has 0 aromatic carbocycles. The van der Waals surface area contributed by atoms with Gasteiger partial charge in [-0.1, -0.05) is 6.92 Å². The summed E-state index contributed by atoms with van der Waals surface area (Å²) >= 11 is 0. The Labute approximate surface area is 130 Å². The number of likely N-dealkylation sites (N-methyl/N-ethyl adjacent to an activating group) is 1. The van der Waals surface area contributed by atoms with E-state index in [9.17, 15) is 4.79 Å². The predicted molar refractivity (Wildman–Crippen MR) is 83.1 cm³/mol. The minimum absolute atomic E-state index is 0.0573. The molecule has 2 aliphatic heterocycles. The van der Waals surface area contributed by atoms with Gasteiger partial charge < -0.3 is 19.4 Å². The molecule has 2 saturated heterocycles. The number of carbonyl (C=O) groups excluding carboxylic acids is 1. The average molecular weight is 305 g/mol. The van der Waals surface area contributed by atoms with Crippen molar-refractivity contribution in [3.63, 3.8) is 0 Å². The predicted octanol–water partition coefficient (Wildman–Crippen LogP) is 0.0909. The number of piperazine rings is 1. The maximum atomic E-state index is 12.3. The Morgan fingerprint density at radius 2 is 1.82 bits per heavy atom. The lowest BCUT2D eigenvalue weighted by Crippen LogP contribution is -2.46. The third-order valence-electron chi connectivity index (χ3n) is 4.30. The lowest BCUT2D eigenvalue weighted by Gasteiger charge is -2.34. The van der Waals surface area contributed by atoms with Crippen LogP contribution in [0.4, 0.5) is 5.82 Å². The SMILES string of the molecule is CCN1CCN(c2cnc(C(=O)N3CCOCC3)cn2)CC1. The Bertz CT molecular complexity index is 493. The second kappa shape index (κ2) is 7.02. The first kappa shape index (κ1) is 15.2. The number of hydrogen-bond acceptors (Lipinski definition) is 6. The fourth-order valence-electron chi connectivity index (χ4n) is 2.82. The van der Waals surface area contributed by atoms with Crippen molar-refractivity contribution in [1.29, 1.82) is 0 Å². The monoisotopic (exact) mass is 305 g/mol. The van der Waals surface area contributed by atoms with Crippen molar-refractivity contribution in [3.8, 4) is 0 Å². The van der Waals surface area contributed by atoms with E-state index in [1.54, 1.807) is 17.3 Å². The van der Waals surface area contributed by atoms with Crippen molar-refractivity contribution >= 4 is 11.7 Å². The van der Waals surface area contributed by atoms with Crippen molar-refractivity contribution < 1.29 is 9.53 Å². The Morgan fingerprint density at radius 1 is 1.09 bits per heavy atom. The first-order chi connectivity index (χ1) is 10.8. The summed E-state index contributed by atoms with van der Waals surface area (Å²) in [7, 11) is 0. The van der Waals surface area contributed by atoms with Crippen LogP contribution in [-0.4, -0.2) is 84.7 Å². The first-order valence-electron chi connectivity index (χ1n) is 7.94. The molecule has 0 aliphatic carbocycles. The van der Waals surface area contributed by atoms with Crippen molar-refractivity contribution in [1.82, 2.24) is 19.8 Å². The second-order valence-electron chi connectivity index (χ2n) is 5.59. The van der Waals surface area contributed by atoms with Gasteiger partial charge in [0.15, 0.2) is 0 Å². The number of anilines is 1. The van der Waals surface area contributed by atoms with E-state index in [1.165, 1.54) is 0 Å². The Balaban J connectivity index is 1.61. The summed E-state index contributed by atoms with van der Waals surface area (Å²) in [5, 5.41) is 0. The van der Waals surface area contributed by atoms with Gasteiger partial charge >= 0.3 is 0 Å². The van der Waals surface area contributed by atoms with E-state index in [-0.39, 0.29) is 5.91 Å². The number of ether oxygens (including phenoxy) is 1.